The van der Waals surface area contributed by atoms with E-state index in [1.165, 1.54) is 45.2 Å². The summed E-state index contributed by atoms with van der Waals surface area (Å²) in [6, 6.07) is 0.147. The maximum Gasteiger partial charge on any atom is 0.317 e. The lowest BCUT2D eigenvalue weighted by Crippen LogP contribution is -2.50. The zero-order chi connectivity index (χ0) is 15.8. The van der Waals surface area contributed by atoms with E-state index >= 15 is 0 Å². The van der Waals surface area contributed by atoms with E-state index in [-0.39, 0.29) is 12.1 Å². The molecular formula is C17H33N3O2. The monoisotopic (exact) mass is 311 g/mol. The number of rotatable bonds is 5. The largest absolute Gasteiger partial charge is 0.383 e. The Balaban J connectivity index is 1.76. The zero-order valence-corrected chi connectivity index (χ0v) is 14.4. The van der Waals surface area contributed by atoms with Crippen LogP contribution in [0, 0.1) is 5.92 Å². The highest BCUT2D eigenvalue weighted by atomic mass is 16.5. The predicted molar refractivity (Wildman–Crippen MR) is 89.1 cm³/mol. The Hall–Kier alpha value is -0.810. The third-order valence-electron chi connectivity index (χ3n) is 4.81. The highest BCUT2D eigenvalue weighted by molar-refractivity contribution is 5.74. The molecule has 22 heavy (non-hydrogen) atoms. The SMILES string of the molecule is COC[C@H](C)NC(=O)N1CCC[C@@H](CN2CCCCCC2)C1. The molecule has 5 heteroatoms. The number of carbonyl (C=O) groups excluding carboxylic acids is 1. The van der Waals surface area contributed by atoms with Crippen LogP contribution in [0.2, 0.25) is 0 Å². The maximum absolute atomic E-state index is 12.3. The Bertz CT molecular complexity index is 330. The van der Waals surface area contributed by atoms with Crippen LogP contribution >= 0.6 is 0 Å². The Morgan fingerprint density at radius 1 is 1.18 bits per heavy atom. The summed E-state index contributed by atoms with van der Waals surface area (Å²) in [5, 5.41) is 3.03. The first-order valence-electron chi connectivity index (χ1n) is 8.95. The third-order valence-corrected chi connectivity index (χ3v) is 4.81. The maximum atomic E-state index is 12.3. The summed E-state index contributed by atoms with van der Waals surface area (Å²) in [5.74, 6) is 0.635. The van der Waals surface area contributed by atoms with Gasteiger partial charge in [-0.05, 0) is 51.6 Å². The first kappa shape index (κ1) is 17.5. The average Bonchev–Trinajstić information content (AvgIpc) is 2.76. The normalized spacial score (nSPS) is 25.5. The minimum absolute atomic E-state index is 0.0727. The number of piperidine rings is 1. The summed E-state index contributed by atoms with van der Waals surface area (Å²) in [6.07, 6.45) is 7.83. The highest BCUT2D eigenvalue weighted by Crippen LogP contribution is 2.19. The van der Waals surface area contributed by atoms with Crippen LogP contribution in [0.5, 0.6) is 0 Å². The molecule has 2 rings (SSSR count). The van der Waals surface area contributed by atoms with Gasteiger partial charge in [0.1, 0.15) is 0 Å². The standard InChI is InChI=1S/C17H33N3O2/c1-15(14-22-2)18-17(21)20-11-7-8-16(13-20)12-19-9-5-3-4-6-10-19/h15-16H,3-14H2,1-2H3,(H,18,21)/t15-,16-/m0/s1. The molecule has 128 valence electrons. The van der Waals surface area contributed by atoms with Crippen molar-refractivity contribution in [2.24, 2.45) is 5.92 Å². The third kappa shape index (κ3) is 5.76. The number of hydrogen-bond acceptors (Lipinski definition) is 3. The molecule has 0 aromatic heterocycles. The molecule has 0 aromatic rings. The van der Waals surface area contributed by atoms with Gasteiger partial charge in [-0.3, -0.25) is 0 Å². The predicted octanol–water partition coefficient (Wildman–Crippen LogP) is 2.32. The van der Waals surface area contributed by atoms with Crippen LogP contribution < -0.4 is 5.32 Å². The van der Waals surface area contributed by atoms with E-state index in [0.29, 0.717) is 12.5 Å². The summed E-state index contributed by atoms with van der Waals surface area (Å²) in [6.45, 7) is 8.00. The summed E-state index contributed by atoms with van der Waals surface area (Å²) >= 11 is 0. The first-order valence-corrected chi connectivity index (χ1v) is 8.95. The van der Waals surface area contributed by atoms with Crippen molar-refractivity contribution in [3.05, 3.63) is 0 Å². The topological polar surface area (TPSA) is 44.8 Å². The van der Waals surface area contributed by atoms with E-state index in [1.807, 2.05) is 11.8 Å². The molecule has 2 aliphatic rings. The number of hydrogen-bond donors (Lipinski definition) is 1. The molecule has 0 aromatic carbocycles. The van der Waals surface area contributed by atoms with Gasteiger partial charge >= 0.3 is 6.03 Å². The van der Waals surface area contributed by atoms with Crippen LogP contribution in [-0.2, 0) is 4.74 Å². The number of carbonyl (C=O) groups is 1. The molecule has 2 fully saturated rings. The van der Waals surface area contributed by atoms with Gasteiger partial charge < -0.3 is 19.9 Å². The van der Waals surface area contributed by atoms with Crippen molar-refractivity contribution in [1.82, 2.24) is 15.1 Å². The summed E-state index contributed by atoms with van der Waals surface area (Å²) in [4.78, 5) is 16.9. The second-order valence-electron chi connectivity index (χ2n) is 6.97. The lowest BCUT2D eigenvalue weighted by Gasteiger charge is -2.36. The molecule has 0 aliphatic carbocycles. The average molecular weight is 311 g/mol. The van der Waals surface area contributed by atoms with Crippen molar-refractivity contribution >= 4 is 6.03 Å². The van der Waals surface area contributed by atoms with Crippen LogP contribution in [0.4, 0.5) is 4.79 Å². The van der Waals surface area contributed by atoms with E-state index in [9.17, 15) is 4.79 Å². The number of nitrogens with one attached hydrogen (secondary N) is 1. The van der Waals surface area contributed by atoms with E-state index in [2.05, 4.69) is 10.2 Å². The molecule has 2 heterocycles. The number of urea groups is 1. The fraction of sp³-hybridized carbons (Fsp3) is 0.941. The summed E-state index contributed by atoms with van der Waals surface area (Å²) < 4.78 is 5.09. The van der Waals surface area contributed by atoms with Crippen molar-refractivity contribution in [3.63, 3.8) is 0 Å². The van der Waals surface area contributed by atoms with E-state index in [4.69, 9.17) is 4.74 Å². The lowest BCUT2D eigenvalue weighted by molar-refractivity contribution is 0.130. The quantitative estimate of drug-likeness (QED) is 0.847. The highest BCUT2D eigenvalue weighted by Gasteiger charge is 2.26. The van der Waals surface area contributed by atoms with E-state index < -0.39 is 0 Å². The number of methoxy groups -OCH3 is 1. The fourth-order valence-corrected chi connectivity index (χ4v) is 3.68. The molecule has 0 radical (unpaired) electrons. The minimum atomic E-state index is 0.0727. The van der Waals surface area contributed by atoms with Crippen molar-refractivity contribution in [2.45, 2.75) is 51.5 Å². The van der Waals surface area contributed by atoms with Gasteiger partial charge in [-0.1, -0.05) is 12.8 Å². The van der Waals surface area contributed by atoms with Crippen molar-refractivity contribution in [2.75, 3.05) is 46.4 Å². The molecule has 2 saturated heterocycles. The molecule has 5 nitrogen and oxygen atoms in total. The minimum Gasteiger partial charge on any atom is -0.383 e. The zero-order valence-electron chi connectivity index (χ0n) is 14.4. The van der Waals surface area contributed by atoms with Gasteiger partial charge in [0.25, 0.3) is 0 Å². The Morgan fingerprint density at radius 3 is 2.59 bits per heavy atom. The van der Waals surface area contributed by atoms with Gasteiger partial charge in [-0.2, -0.15) is 0 Å². The molecular weight excluding hydrogens is 278 g/mol. The van der Waals surface area contributed by atoms with Crippen LogP contribution in [0.1, 0.15) is 45.4 Å². The molecule has 0 unspecified atom stereocenters. The first-order chi connectivity index (χ1) is 10.7. The Labute approximate surface area is 135 Å². The van der Waals surface area contributed by atoms with Crippen LogP contribution in [0.3, 0.4) is 0 Å². The second kappa shape index (κ2) is 9.36. The summed E-state index contributed by atoms with van der Waals surface area (Å²) in [7, 11) is 1.67. The number of amides is 2. The van der Waals surface area contributed by atoms with Gasteiger partial charge in [-0.15, -0.1) is 0 Å². The van der Waals surface area contributed by atoms with Gasteiger partial charge in [0.15, 0.2) is 0 Å². The number of ether oxygens (including phenoxy) is 1. The fourth-order valence-electron chi connectivity index (χ4n) is 3.68. The van der Waals surface area contributed by atoms with Crippen molar-refractivity contribution in [1.29, 1.82) is 0 Å². The van der Waals surface area contributed by atoms with Crippen molar-refractivity contribution in [3.8, 4) is 0 Å². The van der Waals surface area contributed by atoms with Crippen LogP contribution in [0.25, 0.3) is 0 Å². The van der Waals surface area contributed by atoms with Gasteiger partial charge in [-0.25, -0.2) is 4.79 Å². The molecule has 0 bridgehead atoms. The number of likely N-dealkylation sites (tertiary alicyclic amines) is 2. The second-order valence-corrected chi connectivity index (χ2v) is 6.97. The molecule has 2 atom stereocenters. The van der Waals surface area contributed by atoms with E-state index in [0.717, 1.165) is 26.1 Å². The molecule has 2 aliphatic heterocycles. The van der Waals surface area contributed by atoms with E-state index in [1.54, 1.807) is 7.11 Å². The molecule has 2 amide bonds. The molecule has 1 N–H and O–H groups in total. The summed E-state index contributed by atoms with van der Waals surface area (Å²) in [5.41, 5.74) is 0. The molecule has 0 saturated carbocycles. The Kier molecular flexibility index (Phi) is 7.46. The van der Waals surface area contributed by atoms with Gasteiger partial charge in [0, 0.05) is 26.7 Å². The number of nitrogens with zero attached hydrogens (tertiary/aromatic N) is 2. The molecule has 0 spiro atoms. The van der Waals surface area contributed by atoms with Crippen molar-refractivity contribution < 1.29 is 9.53 Å². The smallest absolute Gasteiger partial charge is 0.317 e. The Morgan fingerprint density at radius 2 is 1.91 bits per heavy atom. The van der Waals surface area contributed by atoms with Gasteiger partial charge in [0.05, 0.1) is 12.6 Å². The van der Waals surface area contributed by atoms with Gasteiger partial charge in [0.2, 0.25) is 0 Å². The van der Waals surface area contributed by atoms with Crippen LogP contribution in [0.15, 0.2) is 0 Å². The van der Waals surface area contributed by atoms with Crippen LogP contribution in [-0.4, -0.2) is 68.3 Å². The lowest BCUT2D eigenvalue weighted by atomic mass is 9.97.